The zero-order valence-electron chi connectivity index (χ0n) is 37.6. The summed E-state index contributed by atoms with van der Waals surface area (Å²) in [6.07, 6.45) is 0. The van der Waals surface area contributed by atoms with Crippen LogP contribution in [-0.2, 0) is 0 Å². The van der Waals surface area contributed by atoms with Gasteiger partial charge in [0.1, 0.15) is 11.2 Å². The maximum absolute atomic E-state index is 6.65. The van der Waals surface area contributed by atoms with Gasteiger partial charge in [-0.1, -0.05) is 188 Å². The molecule has 2 aliphatic carbocycles. The van der Waals surface area contributed by atoms with Crippen LogP contribution in [0, 0.1) is 0 Å². The second-order valence-corrected chi connectivity index (χ2v) is 18.0. The van der Waals surface area contributed by atoms with Crippen LogP contribution >= 0.6 is 0 Å². The first-order valence-electron chi connectivity index (χ1n) is 23.7. The van der Waals surface area contributed by atoms with Gasteiger partial charge >= 0.3 is 0 Å². The number of furan rings is 1. The molecular formula is C66H42N2O. The van der Waals surface area contributed by atoms with Crippen LogP contribution in [0.1, 0.15) is 0 Å². The normalized spacial score (nSPS) is 11.8. The van der Waals surface area contributed by atoms with E-state index in [0.29, 0.717) is 0 Å². The molecule has 3 nitrogen and oxygen atoms in total. The van der Waals surface area contributed by atoms with Gasteiger partial charge in [0.15, 0.2) is 0 Å². The first-order chi connectivity index (χ1) is 34.2. The van der Waals surface area contributed by atoms with E-state index in [1.807, 2.05) is 6.07 Å². The molecule has 0 saturated carbocycles. The fraction of sp³-hybridized carbons (Fsp3) is 0. The highest BCUT2D eigenvalue weighted by atomic mass is 16.3. The van der Waals surface area contributed by atoms with Crippen molar-refractivity contribution in [1.29, 1.82) is 0 Å². The van der Waals surface area contributed by atoms with E-state index in [0.717, 1.165) is 61.3 Å². The Morgan fingerprint density at radius 2 is 0.812 bits per heavy atom. The predicted octanol–water partition coefficient (Wildman–Crippen LogP) is 18.5. The molecular weight excluding hydrogens is 837 g/mol. The molecule has 12 aromatic rings. The van der Waals surface area contributed by atoms with Crippen molar-refractivity contribution in [3.8, 4) is 72.4 Å². The monoisotopic (exact) mass is 878 g/mol. The molecule has 0 atom stereocenters. The maximum Gasteiger partial charge on any atom is 0.143 e. The number of hydrogen-bond acceptors (Lipinski definition) is 2. The Labute approximate surface area is 400 Å². The van der Waals surface area contributed by atoms with Gasteiger partial charge in [0.05, 0.1) is 22.4 Å². The molecule has 10 aromatic carbocycles. The van der Waals surface area contributed by atoms with E-state index in [1.165, 1.54) is 72.0 Å². The van der Waals surface area contributed by atoms with E-state index in [-0.39, 0.29) is 0 Å². The van der Waals surface area contributed by atoms with E-state index >= 15 is 0 Å². The molecule has 14 rings (SSSR count). The second-order valence-electron chi connectivity index (χ2n) is 18.0. The number of para-hydroxylation sites is 6. The van der Waals surface area contributed by atoms with Crippen LogP contribution in [0.2, 0.25) is 0 Å². The minimum absolute atomic E-state index is 0.890. The lowest BCUT2D eigenvalue weighted by Crippen LogP contribution is -2.11. The largest absolute Gasteiger partial charge is 0.455 e. The summed E-state index contributed by atoms with van der Waals surface area (Å²) in [6, 6.07) is 92.1. The topological polar surface area (TPSA) is 21.3 Å². The van der Waals surface area contributed by atoms with Gasteiger partial charge in [-0.3, -0.25) is 0 Å². The summed E-state index contributed by atoms with van der Waals surface area (Å²) in [5.74, 6) is 0. The van der Waals surface area contributed by atoms with Gasteiger partial charge in [-0.2, -0.15) is 0 Å². The molecule has 0 spiro atoms. The van der Waals surface area contributed by atoms with Gasteiger partial charge in [0.2, 0.25) is 0 Å². The Kier molecular flexibility index (Phi) is 8.90. The average molecular weight is 879 g/mol. The standard InChI is InChI=1S/C66H42N2O/c1-2-16-45(17-3-1)57-41-60-58(42-59(57)60)47-18-14-19-49(40-47)67(62-28-10-7-23-53(62)55-25-15-26-56-54-24-8-13-31-65(54)69-66(55)56)48-38-36-44(37-39-48)43-32-34-46(35-33-43)50-20-4-9-27-61(50)68-63-29-11-5-21-51(63)52-22-6-12-30-64(52)68/h1-42H. The summed E-state index contributed by atoms with van der Waals surface area (Å²) in [6.45, 7) is 0. The SMILES string of the molecule is c1ccc(-c2cc3c(-c4cccc(N(c5ccc(-c6ccc(-c7ccccc7-n7c8ccccc8c8ccccc87)cc6)cc5)c5ccccc5-c5cccc6c5oc5ccccc56)c4)cc2-3)cc1. The predicted molar refractivity (Wildman–Crippen MR) is 289 cm³/mol. The molecule has 0 unspecified atom stereocenters. The third-order valence-electron chi connectivity index (χ3n) is 14.2. The van der Waals surface area contributed by atoms with Gasteiger partial charge < -0.3 is 13.9 Å². The lowest BCUT2D eigenvalue weighted by Gasteiger charge is -2.30. The zero-order chi connectivity index (χ0) is 45.4. The van der Waals surface area contributed by atoms with Crippen molar-refractivity contribution < 1.29 is 4.42 Å². The summed E-state index contributed by atoms with van der Waals surface area (Å²) >= 11 is 0. The van der Waals surface area contributed by atoms with Crippen molar-refractivity contribution in [2.75, 3.05) is 4.90 Å². The molecule has 0 radical (unpaired) electrons. The molecule has 2 heterocycles. The first kappa shape index (κ1) is 39.0. The third kappa shape index (κ3) is 6.29. The lowest BCUT2D eigenvalue weighted by molar-refractivity contribution is 0.670. The van der Waals surface area contributed by atoms with Crippen LogP contribution in [0.15, 0.2) is 259 Å². The van der Waals surface area contributed by atoms with Crippen LogP contribution < -0.4 is 4.90 Å². The molecule has 2 aromatic heterocycles. The molecule has 0 fully saturated rings. The minimum atomic E-state index is 0.890. The van der Waals surface area contributed by atoms with Crippen LogP contribution in [0.25, 0.3) is 116 Å². The summed E-state index contributed by atoms with van der Waals surface area (Å²) in [4.78, 5) is 2.40. The smallest absolute Gasteiger partial charge is 0.143 e. The zero-order valence-corrected chi connectivity index (χ0v) is 37.6. The van der Waals surface area contributed by atoms with Gasteiger partial charge in [-0.05, 0) is 117 Å². The molecule has 0 N–H and O–H groups in total. The molecule has 0 saturated heterocycles. The van der Waals surface area contributed by atoms with Crippen LogP contribution in [-0.4, -0.2) is 4.57 Å². The van der Waals surface area contributed by atoms with Gasteiger partial charge in [0.25, 0.3) is 0 Å². The van der Waals surface area contributed by atoms with Crippen molar-refractivity contribution in [2.24, 2.45) is 0 Å². The van der Waals surface area contributed by atoms with Crippen molar-refractivity contribution in [2.45, 2.75) is 0 Å². The number of rotatable bonds is 9. The molecule has 0 aliphatic heterocycles. The molecule has 3 heteroatoms. The molecule has 0 bridgehead atoms. The number of fused-ring (bicyclic) bond motifs is 7. The number of hydrogen-bond donors (Lipinski definition) is 0. The fourth-order valence-corrected chi connectivity index (χ4v) is 10.8. The number of benzene rings is 11. The van der Waals surface area contributed by atoms with E-state index < -0.39 is 0 Å². The molecule has 69 heavy (non-hydrogen) atoms. The first-order valence-corrected chi connectivity index (χ1v) is 23.7. The van der Waals surface area contributed by atoms with Gasteiger partial charge in [-0.15, -0.1) is 0 Å². The Hall–Kier alpha value is -9.18. The van der Waals surface area contributed by atoms with Crippen molar-refractivity contribution in [1.82, 2.24) is 4.57 Å². The van der Waals surface area contributed by atoms with Crippen LogP contribution in [0.4, 0.5) is 17.1 Å². The maximum atomic E-state index is 6.65. The Morgan fingerprint density at radius 1 is 0.290 bits per heavy atom. The fourth-order valence-electron chi connectivity index (χ4n) is 10.8. The summed E-state index contributed by atoms with van der Waals surface area (Å²) in [7, 11) is 0. The third-order valence-corrected chi connectivity index (χ3v) is 14.2. The van der Waals surface area contributed by atoms with Crippen molar-refractivity contribution in [3.63, 3.8) is 0 Å². The van der Waals surface area contributed by atoms with Crippen molar-refractivity contribution >= 4 is 60.8 Å². The van der Waals surface area contributed by atoms with Crippen molar-refractivity contribution in [3.05, 3.63) is 255 Å². The Balaban J connectivity index is 0.851. The van der Waals surface area contributed by atoms with E-state index in [9.17, 15) is 0 Å². The second kappa shape index (κ2) is 15.7. The molecule has 0 amide bonds. The van der Waals surface area contributed by atoms with E-state index in [1.54, 1.807) is 0 Å². The summed E-state index contributed by atoms with van der Waals surface area (Å²) < 4.78 is 9.06. The highest BCUT2D eigenvalue weighted by Crippen LogP contribution is 2.52. The summed E-state index contributed by atoms with van der Waals surface area (Å²) in [5, 5.41) is 4.75. The number of aromatic nitrogens is 1. The van der Waals surface area contributed by atoms with Crippen LogP contribution in [0.3, 0.4) is 0 Å². The number of nitrogens with zero attached hydrogens (tertiary/aromatic N) is 2. The molecule has 322 valence electrons. The minimum Gasteiger partial charge on any atom is -0.455 e. The van der Waals surface area contributed by atoms with Crippen LogP contribution in [0.5, 0.6) is 0 Å². The lowest BCUT2D eigenvalue weighted by atomic mass is 9.76. The summed E-state index contributed by atoms with van der Waals surface area (Å²) in [5.41, 5.74) is 23.1. The molecule has 2 aliphatic rings. The Morgan fingerprint density at radius 3 is 1.55 bits per heavy atom. The highest BCUT2D eigenvalue weighted by molar-refractivity contribution is 6.12. The van der Waals surface area contributed by atoms with Gasteiger partial charge in [0, 0.05) is 49.6 Å². The average Bonchev–Trinajstić information content (AvgIpc) is 3.96. The quantitative estimate of drug-likeness (QED) is 0.144. The van der Waals surface area contributed by atoms with Gasteiger partial charge in [-0.25, -0.2) is 0 Å². The highest BCUT2D eigenvalue weighted by Gasteiger charge is 2.26. The van der Waals surface area contributed by atoms with E-state index in [4.69, 9.17) is 4.42 Å². The Bertz CT molecular complexity index is 4070. The van der Waals surface area contributed by atoms with E-state index in [2.05, 4.69) is 258 Å². The number of anilines is 3.